The fourth-order valence-electron chi connectivity index (χ4n) is 4.32. The molecule has 4 nitrogen and oxygen atoms in total. The van der Waals surface area contributed by atoms with Crippen LogP contribution < -0.4 is 14.5 Å². The summed E-state index contributed by atoms with van der Waals surface area (Å²) in [6, 6.07) is 29.7. The van der Waals surface area contributed by atoms with Crippen LogP contribution in [0, 0.1) is 0 Å². The van der Waals surface area contributed by atoms with Gasteiger partial charge in [-0.25, -0.2) is 4.98 Å². The Bertz CT molecular complexity index is 1260. The fraction of sp³-hybridized carbons (Fsp3) is 0.179. The Morgan fingerprint density at radius 3 is 1.97 bits per heavy atom. The maximum atomic E-state index is 12.7. The highest BCUT2D eigenvalue weighted by Gasteiger charge is 2.31. The van der Waals surface area contributed by atoms with Crippen molar-refractivity contribution in [3.05, 3.63) is 97.1 Å². The normalized spacial score (nSPS) is 13.6. The molecular weight excluding hydrogens is 451 g/mol. The first-order chi connectivity index (χ1) is 17.0. The van der Waals surface area contributed by atoms with E-state index in [0.29, 0.717) is 11.5 Å². The Hall–Kier alpha value is -4.00. The predicted molar refractivity (Wildman–Crippen MR) is 132 cm³/mol. The van der Waals surface area contributed by atoms with Gasteiger partial charge in [-0.05, 0) is 55.3 Å². The highest BCUT2D eigenvalue weighted by atomic mass is 19.4. The third-order valence-corrected chi connectivity index (χ3v) is 5.91. The van der Waals surface area contributed by atoms with E-state index in [4.69, 9.17) is 4.98 Å². The second-order valence-corrected chi connectivity index (χ2v) is 8.34. The van der Waals surface area contributed by atoms with Crippen LogP contribution in [0.5, 0.6) is 5.75 Å². The van der Waals surface area contributed by atoms with Gasteiger partial charge in [0.05, 0.1) is 5.69 Å². The summed E-state index contributed by atoms with van der Waals surface area (Å²) in [6.07, 6.45) is -2.46. The number of nitrogens with zero attached hydrogens (tertiary/aromatic N) is 3. The first-order valence-electron chi connectivity index (χ1n) is 11.5. The Kier molecular flexibility index (Phi) is 6.31. The molecule has 0 aliphatic carbocycles. The van der Waals surface area contributed by atoms with Crippen LogP contribution >= 0.6 is 0 Å². The quantitative estimate of drug-likeness (QED) is 0.285. The minimum absolute atomic E-state index is 0.266. The molecule has 2 heterocycles. The molecule has 1 aromatic heterocycles. The number of hydrogen-bond donors (Lipinski definition) is 0. The zero-order valence-electron chi connectivity index (χ0n) is 18.9. The molecule has 7 heteroatoms. The second kappa shape index (κ2) is 9.70. The monoisotopic (exact) mass is 475 g/mol. The van der Waals surface area contributed by atoms with Crippen molar-refractivity contribution in [3.63, 3.8) is 0 Å². The number of hydrogen-bond acceptors (Lipinski definition) is 4. The van der Waals surface area contributed by atoms with Gasteiger partial charge in [-0.3, -0.25) is 4.90 Å². The second-order valence-electron chi connectivity index (χ2n) is 8.34. The van der Waals surface area contributed by atoms with Crippen LogP contribution in [-0.2, 0) is 0 Å². The molecule has 1 saturated heterocycles. The molecule has 0 bridgehead atoms. The Balaban J connectivity index is 1.62. The van der Waals surface area contributed by atoms with Crippen LogP contribution in [-0.4, -0.2) is 24.4 Å². The van der Waals surface area contributed by atoms with Gasteiger partial charge in [0.25, 0.3) is 0 Å². The number of alkyl halides is 3. The number of benzene rings is 3. The zero-order valence-corrected chi connectivity index (χ0v) is 18.9. The molecule has 0 radical (unpaired) electrons. The lowest BCUT2D eigenvalue weighted by atomic mass is 10.1. The molecule has 0 atom stereocenters. The fourth-order valence-corrected chi connectivity index (χ4v) is 4.32. The van der Waals surface area contributed by atoms with Gasteiger partial charge in [0, 0.05) is 41.8 Å². The Morgan fingerprint density at radius 1 is 0.743 bits per heavy atom. The first-order valence-corrected chi connectivity index (χ1v) is 11.5. The minimum atomic E-state index is -4.74. The van der Waals surface area contributed by atoms with Gasteiger partial charge in [-0.15, -0.1) is 13.2 Å². The van der Waals surface area contributed by atoms with Crippen molar-refractivity contribution >= 4 is 22.9 Å². The van der Waals surface area contributed by atoms with Crippen LogP contribution in [0.25, 0.3) is 11.3 Å². The van der Waals surface area contributed by atoms with E-state index in [0.717, 1.165) is 48.6 Å². The van der Waals surface area contributed by atoms with E-state index in [2.05, 4.69) is 15.7 Å². The number of pyridine rings is 1. The maximum Gasteiger partial charge on any atom is 0.573 e. The third kappa shape index (κ3) is 5.40. The number of para-hydroxylation sites is 1. The van der Waals surface area contributed by atoms with E-state index in [1.165, 1.54) is 12.1 Å². The molecule has 0 spiro atoms. The Morgan fingerprint density at radius 2 is 1.34 bits per heavy atom. The van der Waals surface area contributed by atoms with Crippen molar-refractivity contribution in [1.29, 1.82) is 0 Å². The summed E-state index contributed by atoms with van der Waals surface area (Å²) in [5.41, 5.74) is 4.43. The highest BCUT2D eigenvalue weighted by molar-refractivity contribution is 5.79. The van der Waals surface area contributed by atoms with E-state index in [1.807, 2.05) is 71.6 Å². The molecule has 0 saturated carbocycles. The van der Waals surface area contributed by atoms with Gasteiger partial charge >= 0.3 is 6.36 Å². The van der Waals surface area contributed by atoms with Crippen molar-refractivity contribution in [1.82, 2.24) is 4.98 Å². The van der Waals surface area contributed by atoms with Crippen molar-refractivity contribution in [2.45, 2.75) is 19.2 Å². The molecular formula is C28H24F3N3O. The average Bonchev–Trinajstić information content (AvgIpc) is 3.41. The van der Waals surface area contributed by atoms with Crippen LogP contribution in [0.3, 0.4) is 0 Å². The molecule has 35 heavy (non-hydrogen) atoms. The van der Waals surface area contributed by atoms with Crippen molar-refractivity contribution in [2.24, 2.45) is 0 Å². The summed E-state index contributed by atoms with van der Waals surface area (Å²) < 4.78 is 42.1. The molecule has 0 unspecified atom stereocenters. The summed E-state index contributed by atoms with van der Waals surface area (Å²) in [7, 11) is 0. The lowest BCUT2D eigenvalue weighted by Crippen LogP contribution is -2.19. The van der Waals surface area contributed by atoms with E-state index < -0.39 is 6.36 Å². The lowest BCUT2D eigenvalue weighted by Gasteiger charge is -2.27. The zero-order chi connectivity index (χ0) is 24.3. The molecule has 0 amide bonds. The summed E-state index contributed by atoms with van der Waals surface area (Å²) in [4.78, 5) is 9.29. The third-order valence-electron chi connectivity index (χ3n) is 5.91. The number of anilines is 4. The predicted octanol–water partition coefficient (Wildman–Crippen LogP) is 7.72. The summed E-state index contributed by atoms with van der Waals surface area (Å²) >= 11 is 0. The molecule has 0 N–H and O–H groups in total. The van der Waals surface area contributed by atoms with E-state index in [9.17, 15) is 13.2 Å². The molecule has 178 valence electrons. The van der Waals surface area contributed by atoms with Crippen LogP contribution in [0.2, 0.25) is 0 Å². The number of rotatable bonds is 6. The van der Waals surface area contributed by atoms with Gasteiger partial charge in [0.15, 0.2) is 0 Å². The van der Waals surface area contributed by atoms with Crippen LogP contribution in [0.4, 0.5) is 36.1 Å². The summed E-state index contributed by atoms with van der Waals surface area (Å²) in [5.74, 6) is 0.418. The van der Waals surface area contributed by atoms with Crippen LogP contribution in [0.1, 0.15) is 12.8 Å². The van der Waals surface area contributed by atoms with Crippen LogP contribution in [0.15, 0.2) is 97.1 Å². The molecule has 1 fully saturated rings. The number of halogens is 3. The number of ether oxygens (including phenoxy) is 1. The number of aromatic nitrogens is 1. The standard InChI is InChI=1S/C28H24F3N3O/c29-28(30,31)35-25-15-13-23(14-16-25)34(22-11-5-2-6-12-22)27-20-24(33-17-7-8-18-33)19-26(32-27)21-9-3-1-4-10-21/h1-6,9-16,19-20H,7-8,17-18H2. The smallest absolute Gasteiger partial charge is 0.406 e. The van der Waals surface area contributed by atoms with Gasteiger partial charge < -0.3 is 9.64 Å². The van der Waals surface area contributed by atoms with E-state index >= 15 is 0 Å². The minimum Gasteiger partial charge on any atom is -0.406 e. The van der Waals surface area contributed by atoms with Gasteiger partial charge in [0.1, 0.15) is 11.6 Å². The molecule has 5 rings (SSSR count). The van der Waals surface area contributed by atoms with Gasteiger partial charge in [0.2, 0.25) is 0 Å². The van der Waals surface area contributed by atoms with E-state index in [1.54, 1.807) is 12.1 Å². The molecule has 4 aromatic rings. The highest BCUT2D eigenvalue weighted by Crippen LogP contribution is 2.38. The van der Waals surface area contributed by atoms with Crippen molar-refractivity contribution in [2.75, 3.05) is 22.9 Å². The summed E-state index contributed by atoms with van der Waals surface area (Å²) in [6.45, 7) is 1.96. The van der Waals surface area contributed by atoms with Gasteiger partial charge in [-0.2, -0.15) is 0 Å². The maximum absolute atomic E-state index is 12.7. The SMILES string of the molecule is FC(F)(F)Oc1ccc(N(c2ccccc2)c2cc(N3CCCC3)cc(-c3ccccc3)n2)cc1. The topological polar surface area (TPSA) is 28.6 Å². The average molecular weight is 476 g/mol. The lowest BCUT2D eigenvalue weighted by molar-refractivity contribution is -0.274. The van der Waals surface area contributed by atoms with Crippen molar-refractivity contribution in [3.8, 4) is 17.0 Å². The van der Waals surface area contributed by atoms with E-state index in [-0.39, 0.29) is 5.75 Å². The Labute approximate surface area is 202 Å². The van der Waals surface area contributed by atoms with Gasteiger partial charge in [-0.1, -0.05) is 48.5 Å². The molecule has 1 aliphatic heterocycles. The molecule has 3 aromatic carbocycles. The summed E-state index contributed by atoms with van der Waals surface area (Å²) in [5, 5.41) is 0. The molecule has 1 aliphatic rings. The van der Waals surface area contributed by atoms with Crippen molar-refractivity contribution < 1.29 is 17.9 Å². The largest absolute Gasteiger partial charge is 0.573 e. The first kappa shape index (κ1) is 22.8.